The van der Waals surface area contributed by atoms with Crippen molar-refractivity contribution in [3.05, 3.63) is 58.6 Å². The largest absolute Gasteiger partial charge is 0.390 e. The van der Waals surface area contributed by atoms with Crippen LogP contribution in [0.5, 0.6) is 6.01 Å². The molecule has 0 spiro atoms. The summed E-state index contributed by atoms with van der Waals surface area (Å²) in [4.78, 5) is 54.0. The summed E-state index contributed by atoms with van der Waals surface area (Å²) in [6.45, 7) is 9.12. The highest BCUT2D eigenvalue weighted by Crippen LogP contribution is 2.59. The zero-order valence-corrected chi connectivity index (χ0v) is 28.4. The smallest absolute Gasteiger partial charge is 0.330 e. The van der Waals surface area contributed by atoms with Crippen molar-refractivity contribution in [1.29, 1.82) is 0 Å². The summed E-state index contributed by atoms with van der Waals surface area (Å²) >= 11 is 3.35. The average molecular weight is 706 g/mol. The Morgan fingerprint density at radius 2 is 1.85 bits per heavy atom. The number of aryl methyl sites for hydroxylation is 1. The van der Waals surface area contributed by atoms with E-state index in [9.17, 15) is 19.5 Å². The molecule has 1 aliphatic heterocycles. The summed E-state index contributed by atoms with van der Waals surface area (Å²) in [5, 5.41) is 18.8. The number of aromatic nitrogens is 5. The molecule has 47 heavy (non-hydrogen) atoms. The fourth-order valence-corrected chi connectivity index (χ4v) is 6.47. The van der Waals surface area contributed by atoms with E-state index in [0.29, 0.717) is 39.0 Å². The summed E-state index contributed by atoms with van der Waals surface area (Å²) in [6.07, 6.45) is 3.55. The van der Waals surface area contributed by atoms with Gasteiger partial charge < -0.3 is 25.8 Å². The number of fused-ring (bicyclic) bond motifs is 2. The first-order valence-corrected chi connectivity index (χ1v) is 16.3. The second kappa shape index (κ2) is 12.4. The summed E-state index contributed by atoms with van der Waals surface area (Å²) < 4.78 is 7.39. The maximum Gasteiger partial charge on any atom is 0.330 e. The molecule has 1 aliphatic carbocycles. The minimum atomic E-state index is -0.912. The minimum Gasteiger partial charge on any atom is -0.390 e. The summed E-state index contributed by atoms with van der Waals surface area (Å²) in [5.41, 5.74) is 9.01. The Hall–Kier alpha value is -4.27. The number of aliphatic hydroxyl groups is 1. The molecule has 2 fully saturated rings. The molecule has 5 atom stereocenters. The molecule has 4 heterocycles. The van der Waals surface area contributed by atoms with Gasteiger partial charge in [-0.3, -0.25) is 14.3 Å². The second-order valence-corrected chi connectivity index (χ2v) is 13.9. The number of hydrogen-bond acceptors (Lipinski definition) is 10. The van der Waals surface area contributed by atoms with E-state index in [-0.39, 0.29) is 41.7 Å². The Balaban J connectivity index is 1.23. The van der Waals surface area contributed by atoms with Crippen molar-refractivity contribution >= 4 is 50.4 Å². The lowest BCUT2D eigenvalue weighted by atomic mass is 10.0. The Morgan fingerprint density at radius 3 is 2.53 bits per heavy atom. The molecule has 3 aromatic heterocycles. The lowest BCUT2D eigenvalue weighted by molar-refractivity contribution is -0.138. The Labute approximate surface area is 280 Å². The number of esters is 1. The van der Waals surface area contributed by atoms with Gasteiger partial charge in [-0.1, -0.05) is 32.9 Å². The number of halogens is 1. The van der Waals surface area contributed by atoms with Crippen molar-refractivity contribution in [2.24, 2.45) is 17.1 Å². The standard InChI is InChI=1S/C33H37BrN8O5/c1-16(2)27(35)31(46)47-32-36-13-20(14-37-32)19-7-8-22-21(10-19)28(18(4)43)40-41(22)15-26(44)42-23(11-33(5)12-24(33)42)30(45)39-29-17(3)6-9-25(34)38-29/h6-10,13-14,16,18,23-24,27,43H,11-12,15,35H2,1-5H3,(H,38,39,45)/t18?,23-,24?,27-,33-/m0/s1. The van der Waals surface area contributed by atoms with Gasteiger partial charge in [-0.05, 0) is 83.3 Å². The predicted octanol–water partition coefficient (Wildman–Crippen LogP) is 3.92. The number of piperidine rings is 1. The van der Waals surface area contributed by atoms with Crippen LogP contribution in [0.3, 0.4) is 0 Å². The third-order valence-corrected chi connectivity index (χ3v) is 9.58. The number of ether oxygens (including phenoxy) is 1. The highest BCUT2D eigenvalue weighted by molar-refractivity contribution is 9.10. The van der Waals surface area contributed by atoms with Gasteiger partial charge in [0.15, 0.2) is 0 Å². The van der Waals surface area contributed by atoms with E-state index in [1.54, 1.807) is 22.6 Å². The highest BCUT2D eigenvalue weighted by Gasteiger charge is 2.64. The van der Waals surface area contributed by atoms with Gasteiger partial charge in [0.25, 0.3) is 0 Å². The molecular weight excluding hydrogens is 668 g/mol. The quantitative estimate of drug-likeness (QED) is 0.171. The lowest BCUT2D eigenvalue weighted by Crippen LogP contribution is -2.47. The van der Waals surface area contributed by atoms with E-state index in [0.717, 1.165) is 17.5 Å². The highest BCUT2D eigenvalue weighted by atomic mass is 79.9. The fourth-order valence-electron chi connectivity index (χ4n) is 6.16. The fraction of sp³-hybridized carbons (Fsp3) is 0.424. The zero-order valence-electron chi connectivity index (χ0n) is 26.8. The predicted molar refractivity (Wildman–Crippen MR) is 177 cm³/mol. The van der Waals surface area contributed by atoms with E-state index >= 15 is 0 Å². The molecule has 0 bridgehead atoms. The van der Waals surface area contributed by atoms with E-state index in [1.807, 2.05) is 45.0 Å². The molecule has 1 saturated carbocycles. The van der Waals surface area contributed by atoms with Crippen LogP contribution < -0.4 is 15.8 Å². The third kappa shape index (κ3) is 6.36. The lowest BCUT2D eigenvalue weighted by Gasteiger charge is -2.27. The van der Waals surface area contributed by atoms with Crippen LogP contribution in [0.4, 0.5) is 5.82 Å². The first-order chi connectivity index (χ1) is 22.3. The molecule has 1 saturated heterocycles. The maximum absolute atomic E-state index is 13.9. The SMILES string of the molecule is Cc1ccc(Br)nc1NC(=O)[C@@H]1C[C@@]2(C)CC2N1C(=O)Cn1nc(C(C)O)c2cc(-c3cnc(OC(=O)[C@@H](N)C(C)C)nc3)ccc21. The molecule has 246 valence electrons. The number of carbonyl (C=O) groups excluding carboxylic acids is 3. The molecule has 2 aliphatic rings. The topological polar surface area (TPSA) is 178 Å². The van der Waals surface area contributed by atoms with Gasteiger partial charge in [0.2, 0.25) is 11.8 Å². The molecule has 4 aromatic rings. The molecule has 2 unspecified atom stereocenters. The first-order valence-electron chi connectivity index (χ1n) is 15.5. The number of anilines is 1. The van der Waals surface area contributed by atoms with Crippen LogP contribution in [0.1, 0.15) is 57.9 Å². The van der Waals surface area contributed by atoms with Crippen LogP contribution in [0.15, 0.2) is 47.3 Å². The number of amides is 2. The van der Waals surface area contributed by atoms with Gasteiger partial charge >= 0.3 is 12.0 Å². The molecule has 4 N–H and O–H groups in total. The number of carbonyl (C=O) groups is 3. The van der Waals surface area contributed by atoms with Gasteiger partial charge in [-0.2, -0.15) is 5.10 Å². The summed E-state index contributed by atoms with van der Waals surface area (Å²) in [5.74, 6) is -0.749. The summed E-state index contributed by atoms with van der Waals surface area (Å²) in [6, 6.07) is 7.62. The van der Waals surface area contributed by atoms with E-state index in [1.165, 1.54) is 12.4 Å². The molecule has 13 nitrogen and oxygen atoms in total. The number of rotatable bonds is 9. The van der Waals surface area contributed by atoms with Crippen molar-refractivity contribution in [2.45, 2.75) is 78.2 Å². The molecule has 0 radical (unpaired) electrons. The number of nitrogens with one attached hydrogen (secondary N) is 1. The zero-order chi connectivity index (χ0) is 33.8. The van der Waals surface area contributed by atoms with Gasteiger partial charge in [-0.15, -0.1) is 0 Å². The van der Waals surface area contributed by atoms with E-state index < -0.39 is 24.2 Å². The van der Waals surface area contributed by atoms with Gasteiger partial charge in [0.1, 0.15) is 29.0 Å². The van der Waals surface area contributed by atoms with E-state index in [4.69, 9.17) is 10.5 Å². The monoisotopic (exact) mass is 704 g/mol. The minimum absolute atomic E-state index is 0.0321. The number of pyridine rings is 1. The van der Waals surface area contributed by atoms with Crippen molar-refractivity contribution < 1.29 is 24.2 Å². The van der Waals surface area contributed by atoms with Crippen LogP contribution in [-0.2, 0) is 20.9 Å². The molecule has 2 amide bonds. The van der Waals surface area contributed by atoms with Gasteiger partial charge in [0.05, 0.1) is 17.3 Å². The van der Waals surface area contributed by atoms with E-state index in [2.05, 4.69) is 48.2 Å². The number of likely N-dealkylation sites (tertiary alicyclic amines) is 1. The number of nitrogens with zero attached hydrogens (tertiary/aromatic N) is 6. The number of hydrogen-bond donors (Lipinski definition) is 3. The van der Waals surface area contributed by atoms with Crippen LogP contribution in [0.25, 0.3) is 22.0 Å². The average Bonchev–Trinajstić information content (AvgIpc) is 3.39. The maximum atomic E-state index is 13.9. The second-order valence-electron chi connectivity index (χ2n) is 13.1. The van der Waals surface area contributed by atoms with Crippen molar-refractivity contribution in [3.8, 4) is 17.1 Å². The third-order valence-electron chi connectivity index (χ3n) is 9.13. The van der Waals surface area contributed by atoms with Crippen LogP contribution in [0, 0.1) is 18.3 Å². The first kappa shape index (κ1) is 32.7. The Bertz CT molecular complexity index is 1880. The molecule has 6 rings (SSSR count). The Kier molecular flexibility index (Phi) is 8.61. The van der Waals surface area contributed by atoms with Crippen molar-refractivity contribution in [3.63, 3.8) is 0 Å². The molecular formula is C33H37BrN8O5. The van der Waals surface area contributed by atoms with Crippen molar-refractivity contribution in [2.75, 3.05) is 5.32 Å². The van der Waals surface area contributed by atoms with Gasteiger partial charge in [-0.25, -0.2) is 19.7 Å². The summed E-state index contributed by atoms with van der Waals surface area (Å²) in [7, 11) is 0. The van der Waals surface area contributed by atoms with Crippen LogP contribution in [0.2, 0.25) is 0 Å². The van der Waals surface area contributed by atoms with Gasteiger partial charge in [0, 0.05) is 29.4 Å². The normalized spacial score (nSPS) is 21.4. The van der Waals surface area contributed by atoms with Crippen LogP contribution >= 0.6 is 15.9 Å². The number of aliphatic hydroxyl groups excluding tert-OH is 1. The molecule has 14 heteroatoms. The molecule has 1 aromatic carbocycles. The number of benzene rings is 1. The van der Waals surface area contributed by atoms with Crippen LogP contribution in [-0.4, -0.2) is 70.6 Å². The van der Waals surface area contributed by atoms with Crippen molar-refractivity contribution in [1.82, 2.24) is 29.6 Å². The Morgan fingerprint density at radius 1 is 1.13 bits per heavy atom. The number of nitrogens with two attached hydrogens (primary N) is 1.